The van der Waals surface area contributed by atoms with Crippen molar-refractivity contribution in [2.24, 2.45) is 11.8 Å². The number of imide groups is 2. The summed E-state index contributed by atoms with van der Waals surface area (Å²) in [6, 6.07) is 17.5. The standard InChI is InChI=1S/C33H30F3N3O5/c1-31(2,3)39-27(40)24-25(28(39)41)32(18-19-8-6-5-7-9-19)29(42)37(22-14-12-21(13-15-22)33(34,35)36)30(43)38(32)26(24)20-10-16-23(44-4)17-11-20/h5-17,24-26H,18H2,1-4H3/t24?,25?,26?,32-/m1/s1. The van der Waals surface area contributed by atoms with Crippen LogP contribution in [0.3, 0.4) is 0 Å². The van der Waals surface area contributed by atoms with E-state index < -0.39 is 64.4 Å². The van der Waals surface area contributed by atoms with Gasteiger partial charge in [0, 0.05) is 12.0 Å². The highest BCUT2D eigenvalue weighted by Gasteiger charge is 2.77. The largest absolute Gasteiger partial charge is 0.497 e. The Labute approximate surface area is 252 Å². The van der Waals surface area contributed by atoms with Gasteiger partial charge in [0.1, 0.15) is 11.3 Å². The minimum Gasteiger partial charge on any atom is -0.497 e. The van der Waals surface area contributed by atoms with E-state index in [1.165, 1.54) is 16.9 Å². The lowest BCUT2D eigenvalue weighted by Crippen LogP contribution is -2.57. The first kappa shape index (κ1) is 29.4. The third-order valence-electron chi connectivity index (χ3n) is 8.78. The van der Waals surface area contributed by atoms with Crippen molar-refractivity contribution in [3.05, 3.63) is 95.6 Å². The van der Waals surface area contributed by atoms with Crippen molar-refractivity contribution in [3.8, 4) is 5.75 Å². The number of amides is 5. The Kier molecular flexibility index (Phi) is 6.64. The Balaban J connectivity index is 1.59. The van der Waals surface area contributed by atoms with E-state index in [1.54, 1.807) is 75.4 Å². The summed E-state index contributed by atoms with van der Waals surface area (Å²) in [5.41, 5.74) is -2.58. The molecule has 5 amide bonds. The summed E-state index contributed by atoms with van der Waals surface area (Å²) < 4.78 is 45.4. The van der Waals surface area contributed by atoms with Gasteiger partial charge >= 0.3 is 12.2 Å². The number of benzene rings is 3. The van der Waals surface area contributed by atoms with Gasteiger partial charge in [0.2, 0.25) is 11.8 Å². The second-order valence-corrected chi connectivity index (χ2v) is 12.3. The quantitative estimate of drug-likeness (QED) is 0.279. The molecule has 3 fully saturated rings. The molecule has 3 heterocycles. The SMILES string of the molecule is COc1ccc(C2C3C(=O)N(C(C)(C)C)C(=O)C3[C@]3(Cc4ccccc4)C(=O)N(c4ccc(C(F)(F)F)cc4)C(=O)N23)cc1. The Bertz CT molecular complexity index is 1650. The molecule has 3 aliphatic rings. The number of nitrogens with zero attached hydrogens (tertiary/aromatic N) is 3. The minimum atomic E-state index is -4.62. The molecule has 3 unspecified atom stereocenters. The lowest BCUT2D eigenvalue weighted by molar-refractivity contribution is -0.149. The van der Waals surface area contributed by atoms with Crippen LogP contribution < -0.4 is 9.64 Å². The van der Waals surface area contributed by atoms with E-state index in [0.717, 1.165) is 29.2 Å². The molecule has 6 rings (SSSR count). The van der Waals surface area contributed by atoms with Gasteiger partial charge in [-0.25, -0.2) is 9.69 Å². The normalized spacial score (nSPS) is 25.2. The van der Waals surface area contributed by atoms with Crippen LogP contribution in [0.4, 0.5) is 23.7 Å². The average molecular weight is 606 g/mol. The van der Waals surface area contributed by atoms with E-state index in [0.29, 0.717) is 16.9 Å². The van der Waals surface area contributed by atoms with Crippen LogP contribution in [0.15, 0.2) is 78.9 Å². The van der Waals surface area contributed by atoms with Crippen molar-refractivity contribution in [3.63, 3.8) is 0 Å². The second-order valence-electron chi connectivity index (χ2n) is 12.3. The highest BCUT2D eigenvalue weighted by molar-refractivity contribution is 6.27. The van der Waals surface area contributed by atoms with Gasteiger partial charge in [-0.15, -0.1) is 0 Å². The van der Waals surface area contributed by atoms with Crippen molar-refractivity contribution in [2.75, 3.05) is 12.0 Å². The molecule has 3 saturated heterocycles. The molecule has 3 aromatic rings. The Morgan fingerprint density at radius 3 is 1.98 bits per heavy atom. The lowest BCUT2D eigenvalue weighted by atomic mass is 9.75. The lowest BCUT2D eigenvalue weighted by Gasteiger charge is -2.38. The maximum Gasteiger partial charge on any atom is 0.416 e. The molecule has 8 nitrogen and oxygen atoms in total. The Hall–Kier alpha value is -4.67. The Morgan fingerprint density at radius 2 is 1.43 bits per heavy atom. The molecule has 11 heteroatoms. The van der Waals surface area contributed by atoms with Crippen LogP contribution in [-0.4, -0.2) is 51.7 Å². The number of ether oxygens (including phenoxy) is 1. The summed E-state index contributed by atoms with van der Waals surface area (Å²) in [5, 5.41) is 0. The highest BCUT2D eigenvalue weighted by Crippen LogP contribution is 2.60. The number of urea groups is 1. The van der Waals surface area contributed by atoms with Crippen molar-refractivity contribution >= 4 is 29.4 Å². The number of likely N-dealkylation sites (tertiary alicyclic amines) is 1. The summed E-state index contributed by atoms with van der Waals surface area (Å²) in [6.45, 7) is 5.18. The smallest absolute Gasteiger partial charge is 0.416 e. The average Bonchev–Trinajstić information content (AvgIpc) is 3.50. The van der Waals surface area contributed by atoms with Crippen LogP contribution in [0, 0.1) is 11.8 Å². The Morgan fingerprint density at radius 1 is 0.818 bits per heavy atom. The van der Waals surface area contributed by atoms with E-state index in [2.05, 4.69) is 0 Å². The number of rotatable bonds is 5. The van der Waals surface area contributed by atoms with Crippen molar-refractivity contribution in [2.45, 2.75) is 50.5 Å². The van der Waals surface area contributed by atoms with Crippen LogP contribution in [0.25, 0.3) is 0 Å². The zero-order valence-electron chi connectivity index (χ0n) is 24.5. The number of methoxy groups -OCH3 is 1. The van der Waals surface area contributed by atoms with Gasteiger partial charge in [-0.3, -0.25) is 19.3 Å². The summed E-state index contributed by atoms with van der Waals surface area (Å²) in [5.74, 6) is -3.61. The maximum atomic E-state index is 14.8. The molecule has 0 saturated carbocycles. The molecule has 0 spiro atoms. The second kappa shape index (κ2) is 9.93. The molecular weight excluding hydrogens is 575 g/mol. The van der Waals surface area contributed by atoms with E-state index in [-0.39, 0.29) is 12.1 Å². The predicted octanol–water partition coefficient (Wildman–Crippen LogP) is 5.62. The highest BCUT2D eigenvalue weighted by atomic mass is 19.4. The molecule has 44 heavy (non-hydrogen) atoms. The summed E-state index contributed by atoms with van der Waals surface area (Å²) >= 11 is 0. The summed E-state index contributed by atoms with van der Waals surface area (Å²) in [4.78, 5) is 61.1. The first-order valence-corrected chi connectivity index (χ1v) is 14.1. The van der Waals surface area contributed by atoms with Crippen LogP contribution in [-0.2, 0) is 27.0 Å². The number of hydrogen-bond donors (Lipinski definition) is 0. The van der Waals surface area contributed by atoms with Crippen molar-refractivity contribution < 1.29 is 37.1 Å². The number of halogens is 3. The zero-order chi connectivity index (χ0) is 31.8. The van der Waals surface area contributed by atoms with E-state index in [4.69, 9.17) is 4.74 Å². The van der Waals surface area contributed by atoms with Gasteiger partial charge in [0.25, 0.3) is 5.91 Å². The number of anilines is 1. The molecule has 0 N–H and O–H groups in total. The summed E-state index contributed by atoms with van der Waals surface area (Å²) in [6.07, 6.45) is -4.70. The fraction of sp³-hybridized carbons (Fsp3) is 0.333. The van der Waals surface area contributed by atoms with Crippen LogP contribution in [0.2, 0.25) is 0 Å². The molecule has 3 aromatic carbocycles. The number of fused-ring (bicyclic) bond motifs is 3. The van der Waals surface area contributed by atoms with Crippen molar-refractivity contribution in [1.82, 2.24) is 9.80 Å². The van der Waals surface area contributed by atoms with Crippen LogP contribution >= 0.6 is 0 Å². The molecule has 3 aliphatic heterocycles. The van der Waals surface area contributed by atoms with E-state index in [9.17, 15) is 32.3 Å². The van der Waals surface area contributed by atoms with Gasteiger partial charge in [-0.1, -0.05) is 42.5 Å². The zero-order valence-corrected chi connectivity index (χ0v) is 24.5. The molecule has 0 aromatic heterocycles. The summed E-state index contributed by atoms with van der Waals surface area (Å²) in [7, 11) is 1.50. The minimum absolute atomic E-state index is 0.0654. The molecule has 0 bridgehead atoms. The fourth-order valence-corrected chi connectivity index (χ4v) is 7.01. The van der Waals surface area contributed by atoms with Gasteiger partial charge in [-0.2, -0.15) is 13.2 Å². The number of carbonyl (C=O) groups excluding carboxylic acids is 4. The van der Waals surface area contributed by atoms with Gasteiger partial charge in [0.05, 0.1) is 36.2 Å². The van der Waals surface area contributed by atoms with Crippen LogP contribution in [0.5, 0.6) is 5.75 Å². The molecule has 228 valence electrons. The third-order valence-corrected chi connectivity index (χ3v) is 8.78. The number of carbonyl (C=O) groups is 4. The first-order chi connectivity index (χ1) is 20.7. The molecule has 4 atom stereocenters. The monoisotopic (exact) mass is 605 g/mol. The van der Waals surface area contributed by atoms with E-state index >= 15 is 0 Å². The van der Waals surface area contributed by atoms with Crippen LogP contribution in [0.1, 0.15) is 43.5 Å². The fourth-order valence-electron chi connectivity index (χ4n) is 7.01. The third kappa shape index (κ3) is 4.20. The predicted molar refractivity (Wildman–Crippen MR) is 153 cm³/mol. The molecule has 0 radical (unpaired) electrons. The molecular formula is C33H30F3N3O5. The van der Waals surface area contributed by atoms with Gasteiger partial charge in [-0.05, 0) is 68.3 Å². The van der Waals surface area contributed by atoms with E-state index in [1.807, 2.05) is 0 Å². The van der Waals surface area contributed by atoms with Crippen molar-refractivity contribution in [1.29, 1.82) is 0 Å². The number of hydrogen-bond acceptors (Lipinski definition) is 5. The van der Waals surface area contributed by atoms with Gasteiger partial charge < -0.3 is 9.64 Å². The maximum absolute atomic E-state index is 14.8. The first-order valence-electron chi connectivity index (χ1n) is 14.1. The molecule has 0 aliphatic carbocycles. The number of alkyl halides is 3. The topological polar surface area (TPSA) is 87.2 Å². The van der Waals surface area contributed by atoms with Gasteiger partial charge in [0.15, 0.2) is 0 Å².